The van der Waals surface area contributed by atoms with Crippen molar-refractivity contribution in [2.24, 2.45) is 0 Å². The number of nitrogen functional groups attached to an aromatic ring is 1. The van der Waals surface area contributed by atoms with Gasteiger partial charge in [0.25, 0.3) is 0 Å². The largest absolute Gasteiger partial charge is 0.399 e. The number of anilines is 2. The second-order valence-corrected chi connectivity index (χ2v) is 6.84. The molecule has 1 saturated heterocycles. The van der Waals surface area contributed by atoms with Crippen molar-refractivity contribution in [1.82, 2.24) is 4.90 Å². The fraction of sp³-hybridized carbons (Fsp3) is 0.500. The molecule has 0 radical (unpaired) electrons. The lowest BCUT2D eigenvalue weighted by Gasteiger charge is -2.34. The highest BCUT2D eigenvalue weighted by molar-refractivity contribution is 7.90. The molecule has 2 N–H and O–H groups in total. The standard InChI is InChI=1S/C12H19N3O2S/c1-14-3-5-15(6-4-14)11-7-10(13)8-12(9-11)18(2,16)17/h7-9H,3-6,13H2,1-2H3. The molecule has 0 bridgehead atoms. The molecule has 0 aromatic heterocycles. The molecule has 1 fully saturated rings. The van der Waals surface area contributed by atoms with Crippen LogP contribution in [-0.2, 0) is 9.84 Å². The number of nitrogens with two attached hydrogens (primary N) is 1. The van der Waals surface area contributed by atoms with Gasteiger partial charge in [-0.25, -0.2) is 8.42 Å². The maximum absolute atomic E-state index is 11.6. The SMILES string of the molecule is CN1CCN(c2cc(N)cc(S(C)(=O)=O)c2)CC1. The predicted octanol–water partition coefficient (Wildman–Crippen LogP) is 0.424. The van der Waals surface area contributed by atoms with Crippen LogP contribution in [0.25, 0.3) is 0 Å². The van der Waals surface area contributed by atoms with Crippen molar-refractivity contribution in [2.45, 2.75) is 4.90 Å². The van der Waals surface area contributed by atoms with E-state index in [4.69, 9.17) is 5.73 Å². The van der Waals surface area contributed by atoms with Gasteiger partial charge in [-0.3, -0.25) is 0 Å². The summed E-state index contributed by atoms with van der Waals surface area (Å²) in [5.74, 6) is 0. The minimum Gasteiger partial charge on any atom is -0.399 e. The molecular formula is C12H19N3O2S. The number of rotatable bonds is 2. The van der Waals surface area contributed by atoms with Crippen molar-refractivity contribution < 1.29 is 8.42 Å². The molecule has 0 unspecified atom stereocenters. The number of benzene rings is 1. The van der Waals surface area contributed by atoms with E-state index < -0.39 is 9.84 Å². The van der Waals surface area contributed by atoms with E-state index in [0.717, 1.165) is 31.9 Å². The van der Waals surface area contributed by atoms with Crippen LogP contribution in [0.1, 0.15) is 0 Å². The van der Waals surface area contributed by atoms with Crippen LogP contribution in [0.4, 0.5) is 11.4 Å². The van der Waals surface area contributed by atoms with E-state index in [0.29, 0.717) is 5.69 Å². The average Bonchev–Trinajstić information content (AvgIpc) is 2.28. The van der Waals surface area contributed by atoms with Gasteiger partial charge in [0.15, 0.2) is 9.84 Å². The Morgan fingerprint density at radius 3 is 2.28 bits per heavy atom. The van der Waals surface area contributed by atoms with E-state index in [1.165, 1.54) is 12.3 Å². The van der Waals surface area contributed by atoms with E-state index >= 15 is 0 Å². The summed E-state index contributed by atoms with van der Waals surface area (Å²) in [4.78, 5) is 4.71. The molecule has 5 nitrogen and oxygen atoms in total. The lowest BCUT2D eigenvalue weighted by molar-refractivity contribution is 0.313. The Morgan fingerprint density at radius 2 is 1.72 bits per heavy atom. The summed E-state index contributed by atoms with van der Waals surface area (Å²) >= 11 is 0. The molecule has 1 heterocycles. The Morgan fingerprint density at radius 1 is 1.11 bits per heavy atom. The zero-order chi connectivity index (χ0) is 13.3. The van der Waals surface area contributed by atoms with E-state index in [1.807, 2.05) is 6.07 Å². The van der Waals surface area contributed by atoms with E-state index in [-0.39, 0.29) is 4.90 Å². The highest BCUT2D eigenvalue weighted by Crippen LogP contribution is 2.24. The maximum atomic E-state index is 11.6. The molecule has 1 aromatic rings. The molecule has 1 aliphatic heterocycles. The van der Waals surface area contributed by atoms with Crippen molar-refractivity contribution in [1.29, 1.82) is 0 Å². The van der Waals surface area contributed by atoms with Gasteiger partial charge in [0.05, 0.1) is 4.90 Å². The number of hydrogen-bond acceptors (Lipinski definition) is 5. The van der Waals surface area contributed by atoms with Crippen LogP contribution in [0.3, 0.4) is 0 Å². The third-order valence-electron chi connectivity index (χ3n) is 3.21. The zero-order valence-corrected chi connectivity index (χ0v) is 11.6. The van der Waals surface area contributed by atoms with Crippen LogP contribution in [0, 0.1) is 0 Å². The number of likely N-dealkylation sites (N-methyl/N-ethyl adjacent to an activating group) is 1. The first-order valence-corrected chi connectivity index (χ1v) is 7.79. The number of hydrogen-bond donors (Lipinski definition) is 1. The first-order chi connectivity index (χ1) is 8.36. The van der Waals surface area contributed by atoms with Crippen molar-refractivity contribution in [3.8, 4) is 0 Å². The van der Waals surface area contributed by atoms with Crippen molar-refractivity contribution in [3.63, 3.8) is 0 Å². The predicted molar refractivity (Wildman–Crippen MR) is 73.7 cm³/mol. The smallest absolute Gasteiger partial charge is 0.175 e. The molecule has 6 heteroatoms. The van der Waals surface area contributed by atoms with Crippen molar-refractivity contribution >= 4 is 21.2 Å². The zero-order valence-electron chi connectivity index (χ0n) is 10.8. The van der Waals surface area contributed by atoms with Crippen LogP contribution in [0.15, 0.2) is 23.1 Å². The Hall–Kier alpha value is -1.27. The summed E-state index contributed by atoms with van der Waals surface area (Å²) in [6.45, 7) is 3.73. The van der Waals surface area contributed by atoms with Crippen LogP contribution < -0.4 is 10.6 Å². The van der Waals surface area contributed by atoms with Gasteiger partial charge in [-0.2, -0.15) is 0 Å². The minimum atomic E-state index is -3.21. The second-order valence-electron chi connectivity index (χ2n) is 4.82. The molecule has 0 spiro atoms. The van der Waals surface area contributed by atoms with Crippen molar-refractivity contribution in [2.75, 3.05) is 50.1 Å². The van der Waals surface area contributed by atoms with Crippen molar-refractivity contribution in [3.05, 3.63) is 18.2 Å². The summed E-state index contributed by atoms with van der Waals surface area (Å²) in [5.41, 5.74) is 7.17. The normalized spacial score (nSPS) is 18.0. The Kier molecular flexibility index (Phi) is 3.49. The molecule has 0 aliphatic carbocycles. The van der Waals surface area contributed by atoms with Gasteiger partial charge < -0.3 is 15.5 Å². The molecule has 1 aromatic carbocycles. The average molecular weight is 269 g/mol. The van der Waals surface area contributed by atoms with Gasteiger partial charge in [0, 0.05) is 43.8 Å². The molecule has 0 saturated carbocycles. The first-order valence-electron chi connectivity index (χ1n) is 5.90. The quantitative estimate of drug-likeness (QED) is 0.788. The third kappa shape index (κ3) is 2.94. The molecular weight excluding hydrogens is 250 g/mol. The summed E-state index contributed by atoms with van der Waals surface area (Å²) in [5, 5.41) is 0. The summed E-state index contributed by atoms with van der Waals surface area (Å²) in [7, 11) is -1.13. The maximum Gasteiger partial charge on any atom is 0.175 e. The van der Waals surface area contributed by atoms with Gasteiger partial charge in [-0.15, -0.1) is 0 Å². The lowest BCUT2D eigenvalue weighted by atomic mass is 10.2. The van der Waals surface area contributed by atoms with Gasteiger partial charge in [0.1, 0.15) is 0 Å². The van der Waals surface area contributed by atoms with E-state index in [2.05, 4.69) is 16.8 Å². The lowest BCUT2D eigenvalue weighted by Crippen LogP contribution is -2.44. The highest BCUT2D eigenvalue weighted by atomic mass is 32.2. The highest BCUT2D eigenvalue weighted by Gasteiger charge is 2.17. The number of sulfone groups is 1. The van der Waals surface area contributed by atoms with Gasteiger partial charge in [-0.1, -0.05) is 0 Å². The Labute approximate surface area is 108 Å². The molecule has 0 amide bonds. The molecule has 0 atom stereocenters. The summed E-state index contributed by atoms with van der Waals surface area (Å²) in [6.07, 6.45) is 1.20. The van der Waals surface area contributed by atoms with E-state index in [1.54, 1.807) is 6.07 Å². The number of nitrogens with zero attached hydrogens (tertiary/aromatic N) is 2. The monoisotopic (exact) mass is 269 g/mol. The van der Waals surface area contributed by atoms with Gasteiger partial charge >= 0.3 is 0 Å². The summed E-state index contributed by atoms with van der Waals surface area (Å²) < 4.78 is 23.2. The summed E-state index contributed by atoms with van der Waals surface area (Å²) in [6, 6.07) is 5.05. The molecule has 18 heavy (non-hydrogen) atoms. The van der Waals surface area contributed by atoms with Crippen LogP contribution in [-0.4, -0.2) is 52.8 Å². The van der Waals surface area contributed by atoms with Gasteiger partial charge in [-0.05, 0) is 25.2 Å². The Balaban J connectivity index is 2.31. The third-order valence-corrected chi connectivity index (χ3v) is 4.30. The van der Waals surface area contributed by atoms with Crippen LogP contribution in [0.2, 0.25) is 0 Å². The molecule has 100 valence electrons. The topological polar surface area (TPSA) is 66.6 Å². The van der Waals surface area contributed by atoms with E-state index in [9.17, 15) is 8.42 Å². The van der Waals surface area contributed by atoms with Gasteiger partial charge in [0.2, 0.25) is 0 Å². The first kappa shape index (κ1) is 13.2. The number of piperazine rings is 1. The van der Waals surface area contributed by atoms with Crippen LogP contribution in [0.5, 0.6) is 0 Å². The fourth-order valence-electron chi connectivity index (χ4n) is 2.07. The minimum absolute atomic E-state index is 0.288. The molecule has 1 aliphatic rings. The fourth-order valence-corrected chi connectivity index (χ4v) is 2.75. The second kappa shape index (κ2) is 4.78. The Bertz CT molecular complexity index is 534. The van der Waals surface area contributed by atoms with Crippen LogP contribution >= 0.6 is 0 Å². The molecule has 2 rings (SSSR count).